The number of aryl methyl sites for hydroxylation is 1. The lowest BCUT2D eigenvalue weighted by atomic mass is 10.0. The summed E-state index contributed by atoms with van der Waals surface area (Å²) >= 11 is 0. The largest absolute Gasteiger partial charge is 0.383 e. The van der Waals surface area contributed by atoms with Crippen molar-refractivity contribution in [1.29, 1.82) is 0 Å². The van der Waals surface area contributed by atoms with Crippen LogP contribution in [-0.2, 0) is 4.79 Å². The third kappa shape index (κ3) is 5.47. The molecule has 1 saturated heterocycles. The van der Waals surface area contributed by atoms with E-state index >= 15 is 0 Å². The number of pyridine rings is 1. The van der Waals surface area contributed by atoms with Gasteiger partial charge in [0, 0.05) is 43.0 Å². The molecule has 11 heteroatoms. The van der Waals surface area contributed by atoms with Gasteiger partial charge in [0.15, 0.2) is 5.65 Å². The van der Waals surface area contributed by atoms with Gasteiger partial charge in [0.2, 0.25) is 5.91 Å². The van der Waals surface area contributed by atoms with Gasteiger partial charge in [-0.3, -0.25) is 9.59 Å². The molecule has 3 N–H and O–H groups in total. The highest BCUT2D eigenvalue weighted by molar-refractivity contribution is 6.04. The van der Waals surface area contributed by atoms with Crippen molar-refractivity contribution in [3.63, 3.8) is 0 Å². The summed E-state index contributed by atoms with van der Waals surface area (Å²) in [6, 6.07) is 11.1. The standard InChI is InChI=1S/C31H35N9O2/c1-19-10-11-33-25(13-19)36-31(42)21-8-6-20(7-9-21)28-27-29(32)34-18-35-30(27)40(37-28)24-14-22-16-39(17-23(22)15-24)26(41)5-4-12-38(2)3/h4-11,13,18,22-24H,12,14-17H2,1-3H3,(H2,32,34,35)(H,33,36,42)/b5-4+. The highest BCUT2D eigenvalue weighted by Crippen LogP contribution is 2.45. The number of hydrogen-bond acceptors (Lipinski definition) is 8. The number of fused-ring (bicyclic) bond motifs is 2. The molecule has 2 aliphatic rings. The van der Waals surface area contributed by atoms with Crippen LogP contribution in [0, 0.1) is 18.8 Å². The number of anilines is 2. The number of likely N-dealkylation sites (N-methyl/N-ethyl adjacent to an activating group) is 1. The quantitative estimate of drug-likeness (QED) is 0.325. The van der Waals surface area contributed by atoms with Gasteiger partial charge in [-0.15, -0.1) is 0 Å². The number of carbonyl (C=O) groups is 2. The average Bonchev–Trinajstić information content (AvgIpc) is 3.65. The van der Waals surface area contributed by atoms with E-state index in [1.165, 1.54) is 6.33 Å². The Morgan fingerprint density at radius 3 is 2.50 bits per heavy atom. The minimum Gasteiger partial charge on any atom is -0.383 e. The molecule has 2 amide bonds. The number of carbonyl (C=O) groups excluding carboxylic acids is 2. The van der Waals surface area contributed by atoms with Crippen molar-refractivity contribution >= 4 is 34.5 Å². The number of aromatic nitrogens is 5. The lowest BCUT2D eigenvalue weighted by Gasteiger charge is -2.18. The van der Waals surface area contributed by atoms with Gasteiger partial charge in [-0.2, -0.15) is 5.10 Å². The molecule has 4 aromatic rings. The Morgan fingerprint density at radius 2 is 1.81 bits per heavy atom. The van der Waals surface area contributed by atoms with Crippen LogP contribution in [0.25, 0.3) is 22.3 Å². The molecule has 1 aliphatic carbocycles. The second kappa shape index (κ2) is 11.3. The zero-order valence-corrected chi connectivity index (χ0v) is 24.1. The number of benzene rings is 1. The van der Waals surface area contributed by atoms with Crippen molar-refractivity contribution in [3.05, 3.63) is 72.2 Å². The maximum atomic E-state index is 12.8. The molecule has 11 nitrogen and oxygen atoms in total. The van der Waals surface area contributed by atoms with Crippen molar-refractivity contribution in [2.45, 2.75) is 25.8 Å². The summed E-state index contributed by atoms with van der Waals surface area (Å²) in [5, 5.41) is 8.57. The van der Waals surface area contributed by atoms with E-state index in [-0.39, 0.29) is 17.9 Å². The van der Waals surface area contributed by atoms with Gasteiger partial charge in [0.1, 0.15) is 23.7 Å². The highest BCUT2D eigenvalue weighted by Gasteiger charge is 2.43. The fourth-order valence-corrected chi connectivity index (χ4v) is 6.14. The number of likely N-dealkylation sites (tertiary alicyclic amines) is 1. The van der Waals surface area contributed by atoms with Gasteiger partial charge < -0.3 is 20.9 Å². The van der Waals surface area contributed by atoms with Crippen molar-refractivity contribution in [1.82, 2.24) is 34.5 Å². The summed E-state index contributed by atoms with van der Waals surface area (Å²) < 4.78 is 1.99. The van der Waals surface area contributed by atoms with Crippen LogP contribution in [0.4, 0.5) is 11.6 Å². The zero-order valence-electron chi connectivity index (χ0n) is 24.1. The molecule has 2 fully saturated rings. The van der Waals surface area contributed by atoms with Gasteiger partial charge >= 0.3 is 0 Å². The van der Waals surface area contributed by atoms with E-state index in [2.05, 4.69) is 20.3 Å². The SMILES string of the molecule is Cc1ccnc(NC(=O)c2ccc(-c3nn(C4CC5CN(C(=O)/C=C/CN(C)C)CC5C4)c4ncnc(N)c34)cc2)c1. The van der Waals surface area contributed by atoms with Gasteiger partial charge in [0.05, 0.1) is 11.4 Å². The maximum absolute atomic E-state index is 12.8. The molecular weight excluding hydrogens is 530 g/mol. The van der Waals surface area contributed by atoms with Crippen LogP contribution in [0.2, 0.25) is 0 Å². The number of nitrogen functional groups attached to an aromatic ring is 1. The Kier molecular flexibility index (Phi) is 7.42. The third-order valence-corrected chi connectivity index (χ3v) is 8.21. The Bertz CT molecular complexity index is 1650. The van der Waals surface area contributed by atoms with Crippen LogP contribution in [0.1, 0.15) is 34.8 Å². The van der Waals surface area contributed by atoms with Crippen LogP contribution in [-0.4, -0.2) is 80.1 Å². The molecule has 0 bridgehead atoms. The molecule has 2 atom stereocenters. The first-order valence-corrected chi connectivity index (χ1v) is 14.2. The number of nitrogens with one attached hydrogen (secondary N) is 1. The highest BCUT2D eigenvalue weighted by atomic mass is 16.2. The summed E-state index contributed by atoms with van der Waals surface area (Å²) in [5.41, 5.74) is 10.1. The van der Waals surface area contributed by atoms with E-state index in [0.29, 0.717) is 45.8 Å². The Labute approximate surface area is 244 Å². The molecule has 1 saturated carbocycles. The summed E-state index contributed by atoms with van der Waals surface area (Å²) in [5.74, 6) is 1.56. The first kappa shape index (κ1) is 27.5. The van der Waals surface area contributed by atoms with Crippen LogP contribution in [0.3, 0.4) is 0 Å². The molecular formula is C31H35N9O2. The Morgan fingerprint density at radius 1 is 1.07 bits per heavy atom. The van der Waals surface area contributed by atoms with E-state index in [1.807, 2.05) is 65.8 Å². The molecule has 216 valence electrons. The molecule has 0 spiro atoms. The van der Waals surface area contributed by atoms with Crippen molar-refractivity contribution in [2.75, 3.05) is 44.8 Å². The second-order valence-corrected chi connectivity index (χ2v) is 11.6. The smallest absolute Gasteiger partial charge is 0.256 e. The molecule has 6 rings (SSSR count). The third-order valence-electron chi connectivity index (χ3n) is 8.21. The first-order valence-electron chi connectivity index (χ1n) is 14.2. The van der Waals surface area contributed by atoms with E-state index in [4.69, 9.17) is 10.8 Å². The predicted molar refractivity (Wildman–Crippen MR) is 162 cm³/mol. The van der Waals surface area contributed by atoms with Crippen molar-refractivity contribution < 1.29 is 9.59 Å². The van der Waals surface area contributed by atoms with E-state index in [1.54, 1.807) is 24.4 Å². The van der Waals surface area contributed by atoms with E-state index in [0.717, 1.165) is 43.6 Å². The lowest BCUT2D eigenvalue weighted by molar-refractivity contribution is -0.125. The molecule has 3 aromatic heterocycles. The van der Waals surface area contributed by atoms with Crippen molar-refractivity contribution in [3.8, 4) is 11.3 Å². The topological polar surface area (TPSA) is 135 Å². The summed E-state index contributed by atoms with van der Waals surface area (Å²) in [6.07, 6.45) is 8.59. The molecule has 2 unspecified atom stereocenters. The van der Waals surface area contributed by atoms with Crippen LogP contribution in [0.5, 0.6) is 0 Å². The van der Waals surface area contributed by atoms with Crippen LogP contribution >= 0.6 is 0 Å². The van der Waals surface area contributed by atoms with Gasteiger partial charge in [-0.1, -0.05) is 18.2 Å². The molecule has 4 heterocycles. The summed E-state index contributed by atoms with van der Waals surface area (Å²) in [7, 11) is 3.97. The minimum absolute atomic E-state index is 0.0856. The predicted octanol–water partition coefficient (Wildman–Crippen LogP) is 3.56. The summed E-state index contributed by atoms with van der Waals surface area (Å²) in [4.78, 5) is 42.5. The second-order valence-electron chi connectivity index (χ2n) is 11.6. The lowest BCUT2D eigenvalue weighted by Crippen LogP contribution is -2.28. The number of nitrogens with two attached hydrogens (primary N) is 1. The molecule has 1 aromatic carbocycles. The number of nitrogens with zero attached hydrogens (tertiary/aromatic N) is 7. The van der Waals surface area contributed by atoms with E-state index < -0.39 is 0 Å². The maximum Gasteiger partial charge on any atom is 0.256 e. The fraction of sp³-hybridized carbons (Fsp3) is 0.355. The fourth-order valence-electron chi connectivity index (χ4n) is 6.14. The Hall–Kier alpha value is -4.64. The number of hydrogen-bond donors (Lipinski definition) is 2. The Balaban J connectivity index is 1.20. The zero-order chi connectivity index (χ0) is 29.4. The average molecular weight is 566 g/mol. The van der Waals surface area contributed by atoms with Gasteiger partial charge in [-0.25, -0.2) is 19.6 Å². The van der Waals surface area contributed by atoms with E-state index in [9.17, 15) is 9.59 Å². The van der Waals surface area contributed by atoms with Crippen LogP contribution in [0.15, 0.2) is 61.1 Å². The first-order chi connectivity index (χ1) is 20.3. The molecule has 0 radical (unpaired) electrons. The minimum atomic E-state index is -0.240. The molecule has 42 heavy (non-hydrogen) atoms. The number of amides is 2. The summed E-state index contributed by atoms with van der Waals surface area (Å²) in [6.45, 7) is 4.22. The normalized spacial score (nSPS) is 20.1. The number of rotatable bonds is 7. The van der Waals surface area contributed by atoms with Crippen LogP contribution < -0.4 is 11.1 Å². The van der Waals surface area contributed by atoms with Gasteiger partial charge in [-0.05, 0) is 75.5 Å². The molecule has 1 aliphatic heterocycles. The monoisotopic (exact) mass is 565 g/mol. The van der Waals surface area contributed by atoms with Gasteiger partial charge in [0.25, 0.3) is 5.91 Å². The van der Waals surface area contributed by atoms with Crippen molar-refractivity contribution in [2.24, 2.45) is 11.8 Å².